The lowest BCUT2D eigenvalue weighted by atomic mass is 10.2. The molecule has 0 fully saturated rings. The first-order chi connectivity index (χ1) is 14.2. The first kappa shape index (κ1) is 25.6. The summed E-state index contributed by atoms with van der Waals surface area (Å²) in [6.45, 7) is 9.04. The van der Waals surface area contributed by atoms with Crippen molar-refractivity contribution in [2.45, 2.75) is 53.6 Å². The fraction of sp³-hybridized carbons (Fsp3) is 0.476. The van der Waals surface area contributed by atoms with Gasteiger partial charge < -0.3 is 10.6 Å². The number of nitrogens with zero attached hydrogens (tertiary/aromatic N) is 3. The van der Waals surface area contributed by atoms with Gasteiger partial charge in [-0.05, 0) is 19.1 Å². The van der Waals surface area contributed by atoms with E-state index in [2.05, 4.69) is 53.3 Å². The highest BCUT2D eigenvalue weighted by Crippen LogP contribution is 2.35. The number of rotatable bonds is 4. The molecule has 166 valence electrons. The van der Waals surface area contributed by atoms with E-state index in [1.54, 1.807) is 14.0 Å². The predicted octanol–water partition coefficient (Wildman–Crippen LogP) is 6.91. The van der Waals surface area contributed by atoms with Gasteiger partial charge in [-0.25, -0.2) is 9.97 Å². The average Bonchev–Trinajstić information content (AvgIpc) is 3.10. The van der Waals surface area contributed by atoms with E-state index in [0.717, 1.165) is 15.2 Å². The molecular formula is C21H30F3N5S. The van der Waals surface area contributed by atoms with E-state index in [1.165, 1.54) is 24.2 Å². The molecule has 2 heterocycles. The van der Waals surface area contributed by atoms with Crippen LogP contribution in [0, 0.1) is 6.92 Å². The smallest absolute Gasteiger partial charge is 0.372 e. The number of hydrogen-bond donors (Lipinski definition) is 2. The van der Waals surface area contributed by atoms with Crippen LogP contribution in [0.5, 0.6) is 0 Å². The topological polar surface area (TPSA) is 62.7 Å². The second kappa shape index (κ2) is 12.3. The van der Waals surface area contributed by atoms with Crippen molar-refractivity contribution in [2.75, 3.05) is 24.2 Å². The van der Waals surface area contributed by atoms with Gasteiger partial charge in [0, 0.05) is 7.05 Å². The van der Waals surface area contributed by atoms with Crippen LogP contribution in [0.4, 0.5) is 24.9 Å². The second-order valence-corrected chi connectivity index (χ2v) is 7.51. The van der Waals surface area contributed by atoms with E-state index in [0.29, 0.717) is 17.1 Å². The second-order valence-electron chi connectivity index (χ2n) is 6.48. The number of alkyl halides is 3. The maximum atomic E-state index is 12.3. The van der Waals surface area contributed by atoms with Crippen LogP contribution >= 0.6 is 11.3 Å². The molecular weight excluding hydrogens is 411 g/mol. The Morgan fingerprint density at radius 1 is 0.967 bits per heavy atom. The number of aryl methyl sites for hydroxylation is 1. The lowest BCUT2D eigenvalue weighted by Crippen LogP contribution is -2.22. The first-order valence-corrected chi connectivity index (χ1v) is 10.7. The number of anilines is 2. The van der Waals surface area contributed by atoms with Gasteiger partial charge in [0.05, 0.1) is 21.5 Å². The van der Waals surface area contributed by atoms with Crippen molar-refractivity contribution in [1.29, 1.82) is 0 Å². The minimum absolute atomic E-state index is 0.0703. The predicted molar refractivity (Wildman–Crippen MR) is 121 cm³/mol. The summed E-state index contributed by atoms with van der Waals surface area (Å²) >= 11 is 1.49. The highest BCUT2D eigenvalue weighted by atomic mass is 32.1. The van der Waals surface area contributed by atoms with E-state index >= 15 is 0 Å². The molecule has 2 N–H and O–H groups in total. The Morgan fingerprint density at radius 2 is 1.57 bits per heavy atom. The summed E-state index contributed by atoms with van der Waals surface area (Å²) in [6, 6.07) is 7.70. The number of fused-ring (bicyclic) bond motifs is 1. The van der Waals surface area contributed by atoms with E-state index in [1.807, 2.05) is 24.3 Å². The van der Waals surface area contributed by atoms with E-state index in [9.17, 15) is 13.2 Å². The molecule has 5 nitrogen and oxygen atoms in total. The summed E-state index contributed by atoms with van der Waals surface area (Å²) < 4.78 is 38.1. The summed E-state index contributed by atoms with van der Waals surface area (Å²) in [5.74, 6) is 0.366. The minimum atomic E-state index is -4.33. The molecule has 0 unspecified atom stereocenters. The molecule has 0 aliphatic rings. The number of para-hydroxylation sites is 1. The molecule has 30 heavy (non-hydrogen) atoms. The Labute approximate surface area is 180 Å². The van der Waals surface area contributed by atoms with Crippen molar-refractivity contribution in [3.8, 4) is 10.6 Å². The van der Waals surface area contributed by atoms with Crippen molar-refractivity contribution < 1.29 is 13.2 Å². The van der Waals surface area contributed by atoms with Crippen molar-refractivity contribution in [3.05, 3.63) is 30.0 Å². The molecule has 3 aromatic rings. The van der Waals surface area contributed by atoms with Crippen LogP contribution in [0.2, 0.25) is 0 Å². The minimum Gasteiger partial charge on any atom is -0.372 e. The molecule has 0 bridgehead atoms. The van der Waals surface area contributed by atoms with Crippen molar-refractivity contribution in [3.63, 3.8) is 0 Å². The number of halogens is 3. The van der Waals surface area contributed by atoms with Crippen molar-refractivity contribution in [2.24, 2.45) is 0 Å². The maximum absolute atomic E-state index is 12.3. The molecule has 0 spiro atoms. The van der Waals surface area contributed by atoms with Gasteiger partial charge in [0.2, 0.25) is 5.95 Å². The molecule has 9 heteroatoms. The summed E-state index contributed by atoms with van der Waals surface area (Å²) in [5, 5.41) is 5.83. The van der Waals surface area contributed by atoms with Gasteiger partial charge in [0.1, 0.15) is 17.4 Å². The zero-order chi connectivity index (χ0) is 22.7. The van der Waals surface area contributed by atoms with Crippen LogP contribution in [-0.4, -0.2) is 34.7 Å². The molecule has 0 amide bonds. The fourth-order valence-corrected chi connectivity index (χ4v) is 3.31. The highest BCUT2D eigenvalue weighted by Gasteiger charge is 2.27. The maximum Gasteiger partial charge on any atom is 0.405 e. The van der Waals surface area contributed by atoms with Crippen LogP contribution in [-0.2, 0) is 0 Å². The zero-order valence-corrected chi connectivity index (χ0v) is 19.1. The largest absolute Gasteiger partial charge is 0.405 e. The third-order valence-electron chi connectivity index (χ3n) is 3.28. The molecule has 0 saturated heterocycles. The molecule has 2 aromatic heterocycles. The number of benzene rings is 1. The Kier molecular flexibility index (Phi) is 10.5. The molecule has 0 aliphatic carbocycles. The lowest BCUT2D eigenvalue weighted by Gasteiger charge is -2.13. The summed E-state index contributed by atoms with van der Waals surface area (Å²) in [6.07, 6.45) is -1.83. The first-order valence-electron chi connectivity index (χ1n) is 9.93. The van der Waals surface area contributed by atoms with Crippen LogP contribution < -0.4 is 10.6 Å². The van der Waals surface area contributed by atoms with Crippen LogP contribution in [0.25, 0.3) is 20.8 Å². The van der Waals surface area contributed by atoms with Crippen molar-refractivity contribution >= 4 is 33.3 Å². The standard InChI is InChI=1S/C15H14F3N5S.2C3H8/c1-8-11(13-22-9-5-3-4-6-10(9)24-13)12(19-2)23-14(21-8)20-7-15(16,17)18;2*1-3-2/h3-6H,7H2,1-2H3,(H2,19,20,21,23);2*3H2,1-2H3. The molecule has 1 aromatic carbocycles. The average molecular weight is 442 g/mol. The van der Waals surface area contributed by atoms with Crippen molar-refractivity contribution in [1.82, 2.24) is 15.0 Å². The molecule has 0 radical (unpaired) electrons. The van der Waals surface area contributed by atoms with Crippen LogP contribution in [0.1, 0.15) is 46.2 Å². The Hall–Kier alpha value is -2.42. The van der Waals surface area contributed by atoms with E-state index in [-0.39, 0.29) is 5.95 Å². The number of hydrogen-bond acceptors (Lipinski definition) is 6. The van der Waals surface area contributed by atoms with E-state index < -0.39 is 12.7 Å². The van der Waals surface area contributed by atoms with E-state index in [4.69, 9.17) is 0 Å². The molecule has 0 saturated carbocycles. The van der Waals surface area contributed by atoms with Gasteiger partial charge in [-0.3, -0.25) is 0 Å². The van der Waals surface area contributed by atoms with Gasteiger partial charge in [-0.2, -0.15) is 18.2 Å². The van der Waals surface area contributed by atoms with Crippen LogP contribution in [0.15, 0.2) is 24.3 Å². The lowest BCUT2D eigenvalue weighted by molar-refractivity contribution is -0.115. The Balaban J connectivity index is 0.000000672. The number of nitrogens with one attached hydrogen (secondary N) is 2. The van der Waals surface area contributed by atoms with Gasteiger partial charge >= 0.3 is 6.18 Å². The quantitative estimate of drug-likeness (QED) is 0.461. The summed E-state index contributed by atoms with van der Waals surface area (Å²) in [4.78, 5) is 12.8. The third-order valence-corrected chi connectivity index (χ3v) is 4.34. The number of aromatic nitrogens is 3. The van der Waals surface area contributed by atoms with Gasteiger partial charge in [-0.15, -0.1) is 11.3 Å². The van der Waals surface area contributed by atoms with Gasteiger partial charge in [0.25, 0.3) is 0 Å². The molecule has 0 aliphatic heterocycles. The SMILES string of the molecule is CCC.CCC.CNc1nc(NCC(F)(F)F)nc(C)c1-c1nc2ccccc2s1. The Bertz CT molecular complexity index is 874. The Morgan fingerprint density at radius 3 is 2.10 bits per heavy atom. The summed E-state index contributed by atoms with van der Waals surface area (Å²) in [7, 11) is 1.66. The number of thiazole rings is 1. The third kappa shape index (κ3) is 7.78. The molecule has 3 rings (SSSR count). The molecule has 0 atom stereocenters. The van der Waals surface area contributed by atoms with Gasteiger partial charge in [0.15, 0.2) is 0 Å². The normalized spacial score (nSPS) is 10.6. The fourth-order valence-electron chi connectivity index (χ4n) is 2.25. The monoisotopic (exact) mass is 441 g/mol. The summed E-state index contributed by atoms with van der Waals surface area (Å²) in [5.41, 5.74) is 2.10. The van der Waals surface area contributed by atoms with Gasteiger partial charge in [-0.1, -0.05) is 52.7 Å². The zero-order valence-electron chi connectivity index (χ0n) is 18.3. The highest BCUT2D eigenvalue weighted by molar-refractivity contribution is 7.21. The van der Waals surface area contributed by atoms with Crippen LogP contribution in [0.3, 0.4) is 0 Å².